The molecule has 0 saturated carbocycles. The van der Waals surface area contributed by atoms with E-state index in [0.717, 1.165) is 11.1 Å². The normalized spacial score (nSPS) is 11.4. The van der Waals surface area contributed by atoms with Gasteiger partial charge in [0.15, 0.2) is 9.84 Å². The lowest BCUT2D eigenvalue weighted by atomic mass is 10.1. The molecule has 0 atom stereocenters. The number of sulfone groups is 1. The van der Waals surface area contributed by atoms with Crippen molar-refractivity contribution < 1.29 is 18.3 Å². The van der Waals surface area contributed by atoms with E-state index in [9.17, 15) is 13.2 Å². The van der Waals surface area contributed by atoms with Gasteiger partial charge in [-0.2, -0.15) is 0 Å². The molecule has 1 aromatic rings. The highest BCUT2D eigenvalue weighted by molar-refractivity contribution is 7.91. The number of aryl methyl sites for hydroxylation is 2. The maximum absolute atomic E-state index is 11.5. The van der Waals surface area contributed by atoms with Gasteiger partial charge in [-0.1, -0.05) is 29.8 Å². The van der Waals surface area contributed by atoms with Crippen LogP contribution in [0.2, 0.25) is 0 Å². The quantitative estimate of drug-likeness (QED) is 0.835. The number of carbonyl (C=O) groups is 1. The van der Waals surface area contributed by atoms with Gasteiger partial charge < -0.3 is 5.11 Å². The van der Waals surface area contributed by atoms with Crippen LogP contribution in [0.1, 0.15) is 17.5 Å². The van der Waals surface area contributed by atoms with E-state index in [4.69, 9.17) is 5.11 Å². The molecule has 1 aromatic carbocycles. The molecule has 0 saturated heterocycles. The van der Waals surface area contributed by atoms with Crippen LogP contribution in [0, 0.1) is 6.92 Å². The second-order valence-corrected chi connectivity index (χ2v) is 6.34. The fourth-order valence-electron chi connectivity index (χ4n) is 1.49. The van der Waals surface area contributed by atoms with Crippen LogP contribution in [0.25, 0.3) is 0 Å². The molecule has 0 aromatic heterocycles. The fraction of sp³-hybridized carbons (Fsp3) is 0.417. The van der Waals surface area contributed by atoms with Crippen molar-refractivity contribution in [3.8, 4) is 0 Å². The zero-order valence-corrected chi connectivity index (χ0v) is 10.5. The summed E-state index contributed by atoms with van der Waals surface area (Å²) in [6.45, 7) is 1.95. The lowest BCUT2D eigenvalue weighted by Gasteiger charge is -2.04. The topological polar surface area (TPSA) is 71.4 Å². The Morgan fingerprint density at radius 2 is 2.00 bits per heavy atom. The Balaban J connectivity index is 2.52. The molecule has 0 aliphatic heterocycles. The summed E-state index contributed by atoms with van der Waals surface area (Å²) in [5.74, 6) is -1.36. The van der Waals surface area contributed by atoms with Crippen LogP contribution in [0.15, 0.2) is 24.3 Å². The van der Waals surface area contributed by atoms with E-state index < -0.39 is 15.8 Å². The molecule has 0 heterocycles. The standard InChI is InChI=1S/C12H16O4S/c1-10-3-2-4-11(9-10)5-7-17(15,16)8-6-12(13)14/h2-4,9H,5-8H2,1H3,(H,13,14). The molecule has 1 N–H and O–H groups in total. The first-order valence-corrected chi connectivity index (χ1v) is 7.19. The van der Waals surface area contributed by atoms with Gasteiger partial charge in [-0.3, -0.25) is 4.79 Å². The van der Waals surface area contributed by atoms with Crippen LogP contribution in [-0.2, 0) is 21.1 Å². The Hall–Kier alpha value is -1.36. The number of aliphatic carboxylic acids is 1. The van der Waals surface area contributed by atoms with Crippen molar-refractivity contribution in [1.29, 1.82) is 0 Å². The van der Waals surface area contributed by atoms with Gasteiger partial charge in [-0.05, 0) is 18.9 Å². The molecule has 4 nitrogen and oxygen atoms in total. The van der Waals surface area contributed by atoms with Gasteiger partial charge in [-0.25, -0.2) is 8.42 Å². The molecule has 17 heavy (non-hydrogen) atoms. The number of carboxylic acids is 1. The van der Waals surface area contributed by atoms with Crippen LogP contribution in [0.4, 0.5) is 0 Å². The highest BCUT2D eigenvalue weighted by Crippen LogP contribution is 2.07. The summed E-state index contributed by atoms with van der Waals surface area (Å²) in [6, 6.07) is 7.64. The highest BCUT2D eigenvalue weighted by Gasteiger charge is 2.13. The Labute approximate surface area is 101 Å². The molecule has 0 unspecified atom stereocenters. The predicted octanol–water partition coefficient (Wildman–Crippen LogP) is 1.43. The van der Waals surface area contributed by atoms with E-state index in [0.29, 0.717) is 6.42 Å². The molecule has 0 spiro atoms. The van der Waals surface area contributed by atoms with Crippen molar-refractivity contribution in [1.82, 2.24) is 0 Å². The van der Waals surface area contributed by atoms with Crippen LogP contribution >= 0.6 is 0 Å². The molecule has 0 aliphatic rings. The van der Waals surface area contributed by atoms with E-state index in [-0.39, 0.29) is 17.9 Å². The SMILES string of the molecule is Cc1cccc(CCS(=O)(=O)CCC(=O)O)c1. The molecule has 1 rings (SSSR count). The summed E-state index contributed by atoms with van der Waals surface area (Å²) in [5.41, 5.74) is 2.05. The molecule has 0 amide bonds. The summed E-state index contributed by atoms with van der Waals surface area (Å²) < 4.78 is 23.1. The summed E-state index contributed by atoms with van der Waals surface area (Å²) in [7, 11) is -3.27. The molecule has 0 radical (unpaired) electrons. The summed E-state index contributed by atoms with van der Waals surface area (Å²) in [5, 5.41) is 8.43. The van der Waals surface area contributed by atoms with Crippen molar-refractivity contribution in [2.45, 2.75) is 19.8 Å². The monoisotopic (exact) mass is 256 g/mol. The summed E-state index contributed by atoms with van der Waals surface area (Å²) >= 11 is 0. The third-order valence-electron chi connectivity index (χ3n) is 2.41. The predicted molar refractivity (Wildman–Crippen MR) is 65.8 cm³/mol. The van der Waals surface area contributed by atoms with Gasteiger partial charge in [0.05, 0.1) is 17.9 Å². The van der Waals surface area contributed by atoms with Crippen molar-refractivity contribution in [2.24, 2.45) is 0 Å². The lowest BCUT2D eigenvalue weighted by Crippen LogP contribution is -2.15. The first-order valence-electron chi connectivity index (χ1n) is 5.37. The average molecular weight is 256 g/mol. The lowest BCUT2D eigenvalue weighted by molar-refractivity contribution is -0.136. The second-order valence-electron chi connectivity index (χ2n) is 4.03. The maximum Gasteiger partial charge on any atom is 0.304 e. The molecular weight excluding hydrogens is 240 g/mol. The average Bonchev–Trinajstić information content (AvgIpc) is 2.24. The van der Waals surface area contributed by atoms with Crippen LogP contribution in [-0.4, -0.2) is 31.0 Å². The number of hydrogen-bond donors (Lipinski definition) is 1. The van der Waals surface area contributed by atoms with Gasteiger partial charge >= 0.3 is 5.97 Å². The highest BCUT2D eigenvalue weighted by atomic mass is 32.2. The molecule has 0 aliphatic carbocycles. The van der Waals surface area contributed by atoms with Gasteiger partial charge in [0, 0.05) is 0 Å². The van der Waals surface area contributed by atoms with Crippen molar-refractivity contribution >= 4 is 15.8 Å². The number of hydrogen-bond acceptors (Lipinski definition) is 3. The number of benzene rings is 1. The smallest absolute Gasteiger partial charge is 0.304 e. The van der Waals surface area contributed by atoms with Gasteiger partial charge in [-0.15, -0.1) is 0 Å². The third-order valence-corrected chi connectivity index (χ3v) is 4.06. The molecule has 94 valence electrons. The van der Waals surface area contributed by atoms with Crippen LogP contribution < -0.4 is 0 Å². The van der Waals surface area contributed by atoms with E-state index in [2.05, 4.69) is 0 Å². The van der Waals surface area contributed by atoms with E-state index in [1.54, 1.807) is 0 Å². The van der Waals surface area contributed by atoms with Gasteiger partial charge in [0.2, 0.25) is 0 Å². The Kier molecular flexibility index (Phi) is 4.69. The summed E-state index contributed by atoms with van der Waals surface area (Å²) in [6.07, 6.45) is 0.111. The van der Waals surface area contributed by atoms with Gasteiger partial charge in [0.1, 0.15) is 0 Å². The second kappa shape index (κ2) is 5.82. The van der Waals surface area contributed by atoms with Crippen LogP contribution in [0.5, 0.6) is 0 Å². The number of rotatable bonds is 6. The van der Waals surface area contributed by atoms with E-state index in [1.807, 2.05) is 31.2 Å². The number of carboxylic acid groups (broad SMARTS) is 1. The minimum atomic E-state index is -3.27. The van der Waals surface area contributed by atoms with Crippen molar-refractivity contribution in [3.05, 3.63) is 35.4 Å². The first-order chi connectivity index (χ1) is 7.89. The van der Waals surface area contributed by atoms with Crippen LogP contribution in [0.3, 0.4) is 0 Å². The van der Waals surface area contributed by atoms with E-state index >= 15 is 0 Å². The largest absolute Gasteiger partial charge is 0.481 e. The zero-order valence-electron chi connectivity index (χ0n) is 9.72. The molecule has 0 bridgehead atoms. The Morgan fingerprint density at radius 1 is 1.29 bits per heavy atom. The minimum absolute atomic E-state index is 0.00370. The molecule has 0 fully saturated rings. The Bertz CT molecular complexity index is 491. The molecular formula is C12H16O4S. The van der Waals surface area contributed by atoms with Crippen molar-refractivity contribution in [2.75, 3.05) is 11.5 Å². The van der Waals surface area contributed by atoms with E-state index in [1.165, 1.54) is 0 Å². The Morgan fingerprint density at radius 3 is 2.59 bits per heavy atom. The molecule has 5 heteroatoms. The zero-order chi connectivity index (χ0) is 12.9. The fourth-order valence-corrected chi connectivity index (χ4v) is 2.72. The van der Waals surface area contributed by atoms with Gasteiger partial charge in [0.25, 0.3) is 0 Å². The minimum Gasteiger partial charge on any atom is -0.481 e. The van der Waals surface area contributed by atoms with Crippen molar-refractivity contribution in [3.63, 3.8) is 0 Å². The summed E-state index contributed by atoms with van der Waals surface area (Å²) in [4.78, 5) is 10.3. The maximum atomic E-state index is 11.5. The first kappa shape index (κ1) is 13.7. The third kappa shape index (κ3) is 5.49.